The molecule has 1 aromatic carbocycles. The van der Waals surface area contributed by atoms with Crippen LogP contribution in [0.1, 0.15) is 5.56 Å². The van der Waals surface area contributed by atoms with E-state index in [1.807, 2.05) is 6.07 Å². The SMILES string of the molecule is Cc1ccc2c(c1)[nH]c1ncnc(N)c12. The molecule has 0 amide bonds. The van der Waals surface area contributed by atoms with Gasteiger partial charge in [-0.25, -0.2) is 9.97 Å². The Balaban J connectivity index is 2.59. The van der Waals surface area contributed by atoms with Crippen LogP contribution in [-0.2, 0) is 0 Å². The number of anilines is 1. The Morgan fingerprint density at radius 3 is 3.00 bits per heavy atom. The minimum atomic E-state index is 0.523. The summed E-state index contributed by atoms with van der Waals surface area (Å²) in [6, 6.07) is 6.18. The van der Waals surface area contributed by atoms with Gasteiger partial charge in [0.2, 0.25) is 0 Å². The van der Waals surface area contributed by atoms with Gasteiger partial charge in [0.1, 0.15) is 17.8 Å². The summed E-state index contributed by atoms with van der Waals surface area (Å²) in [6.45, 7) is 2.06. The van der Waals surface area contributed by atoms with E-state index in [-0.39, 0.29) is 0 Å². The van der Waals surface area contributed by atoms with Gasteiger partial charge in [-0.2, -0.15) is 0 Å². The standard InChI is InChI=1S/C11H10N4/c1-6-2-3-7-8(4-6)15-11-9(7)10(12)13-5-14-11/h2-5H,1H3,(H3,12,13,14,15). The maximum Gasteiger partial charge on any atom is 0.143 e. The van der Waals surface area contributed by atoms with E-state index >= 15 is 0 Å². The van der Waals surface area contributed by atoms with Crippen molar-refractivity contribution in [2.24, 2.45) is 0 Å². The largest absolute Gasteiger partial charge is 0.383 e. The maximum absolute atomic E-state index is 5.83. The average molecular weight is 198 g/mol. The number of nitrogen functional groups attached to an aromatic ring is 1. The number of aryl methyl sites for hydroxylation is 1. The van der Waals surface area contributed by atoms with Crippen LogP contribution in [0, 0.1) is 6.92 Å². The third kappa shape index (κ3) is 1.08. The van der Waals surface area contributed by atoms with Crippen molar-refractivity contribution in [1.29, 1.82) is 0 Å². The van der Waals surface area contributed by atoms with Crippen molar-refractivity contribution in [2.75, 3.05) is 5.73 Å². The average Bonchev–Trinajstić information content (AvgIpc) is 2.56. The van der Waals surface area contributed by atoms with Crippen molar-refractivity contribution in [2.45, 2.75) is 6.92 Å². The summed E-state index contributed by atoms with van der Waals surface area (Å²) in [5.41, 5.74) is 8.89. The first-order chi connectivity index (χ1) is 7.25. The lowest BCUT2D eigenvalue weighted by molar-refractivity contribution is 1.21. The van der Waals surface area contributed by atoms with Crippen LogP contribution in [0.3, 0.4) is 0 Å². The number of nitrogens with one attached hydrogen (secondary N) is 1. The second kappa shape index (κ2) is 2.70. The topological polar surface area (TPSA) is 67.6 Å². The number of H-pyrrole nitrogens is 1. The zero-order valence-electron chi connectivity index (χ0n) is 8.28. The zero-order valence-corrected chi connectivity index (χ0v) is 8.28. The van der Waals surface area contributed by atoms with Crippen molar-refractivity contribution < 1.29 is 0 Å². The Morgan fingerprint density at radius 1 is 1.27 bits per heavy atom. The summed E-state index contributed by atoms with van der Waals surface area (Å²) in [7, 11) is 0. The highest BCUT2D eigenvalue weighted by atomic mass is 15.0. The second-order valence-electron chi connectivity index (χ2n) is 3.66. The molecule has 0 spiro atoms. The Hall–Kier alpha value is -2.10. The van der Waals surface area contributed by atoms with Gasteiger partial charge in [0.15, 0.2) is 0 Å². The highest BCUT2D eigenvalue weighted by molar-refractivity contribution is 6.10. The first-order valence-corrected chi connectivity index (χ1v) is 4.74. The Morgan fingerprint density at radius 2 is 2.13 bits per heavy atom. The third-order valence-electron chi connectivity index (χ3n) is 2.57. The fourth-order valence-electron chi connectivity index (χ4n) is 1.87. The molecule has 3 rings (SSSR count). The molecule has 0 fully saturated rings. The summed E-state index contributed by atoms with van der Waals surface area (Å²) < 4.78 is 0. The molecular formula is C11H10N4. The van der Waals surface area contributed by atoms with E-state index in [9.17, 15) is 0 Å². The van der Waals surface area contributed by atoms with Crippen LogP contribution in [0.5, 0.6) is 0 Å². The van der Waals surface area contributed by atoms with Gasteiger partial charge in [-0.05, 0) is 18.6 Å². The van der Waals surface area contributed by atoms with Gasteiger partial charge in [-0.3, -0.25) is 0 Å². The molecule has 2 heterocycles. The Labute approximate surface area is 86.1 Å². The fourth-order valence-corrected chi connectivity index (χ4v) is 1.87. The van der Waals surface area contributed by atoms with Crippen LogP contribution in [0.25, 0.3) is 21.9 Å². The molecule has 0 saturated heterocycles. The van der Waals surface area contributed by atoms with Crippen molar-refractivity contribution in [3.63, 3.8) is 0 Å². The van der Waals surface area contributed by atoms with Crippen LogP contribution in [-0.4, -0.2) is 15.0 Å². The molecule has 0 aliphatic carbocycles. The van der Waals surface area contributed by atoms with E-state index in [0.29, 0.717) is 5.82 Å². The number of hydrogen-bond donors (Lipinski definition) is 2. The highest BCUT2D eigenvalue weighted by Gasteiger charge is 2.08. The maximum atomic E-state index is 5.83. The first-order valence-electron chi connectivity index (χ1n) is 4.74. The Bertz CT molecular complexity index is 654. The summed E-state index contributed by atoms with van der Waals surface area (Å²) in [5, 5.41) is 1.99. The number of fused-ring (bicyclic) bond motifs is 3. The minimum absolute atomic E-state index is 0.523. The van der Waals surface area contributed by atoms with Crippen LogP contribution in [0.15, 0.2) is 24.5 Å². The van der Waals surface area contributed by atoms with Gasteiger partial charge in [-0.1, -0.05) is 12.1 Å². The van der Waals surface area contributed by atoms with E-state index < -0.39 is 0 Å². The summed E-state index contributed by atoms with van der Waals surface area (Å²) in [6.07, 6.45) is 1.47. The number of hydrogen-bond acceptors (Lipinski definition) is 3. The number of aromatic amines is 1. The molecule has 3 N–H and O–H groups in total. The van der Waals surface area contributed by atoms with Gasteiger partial charge in [0, 0.05) is 10.9 Å². The van der Waals surface area contributed by atoms with E-state index in [1.165, 1.54) is 11.9 Å². The molecular weight excluding hydrogens is 188 g/mol. The molecule has 4 nitrogen and oxygen atoms in total. The minimum Gasteiger partial charge on any atom is -0.383 e. The van der Waals surface area contributed by atoms with Crippen molar-refractivity contribution >= 4 is 27.8 Å². The fraction of sp³-hybridized carbons (Fsp3) is 0.0909. The molecule has 0 radical (unpaired) electrons. The lowest BCUT2D eigenvalue weighted by Crippen LogP contribution is -1.91. The van der Waals surface area contributed by atoms with Crippen LogP contribution in [0.4, 0.5) is 5.82 Å². The van der Waals surface area contributed by atoms with Gasteiger partial charge in [0.05, 0.1) is 5.39 Å². The van der Waals surface area contributed by atoms with Crippen LogP contribution >= 0.6 is 0 Å². The second-order valence-corrected chi connectivity index (χ2v) is 3.66. The quantitative estimate of drug-likeness (QED) is 0.580. The van der Waals surface area contributed by atoms with E-state index in [0.717, 1.165) is 21.9 Å². The molecule has 0 atom stereocenters. The van der Waals surface area contributed by atoms with Gasteiger partial charge in [0.25, 0.3) is 0 Å². The number of nitrogens with two attached hydrogens (primary N) is 1. The van der Waals surface area contributed by atoms with Crippen LogP contribution < -0.4 is 5.73 Å². The summed E-state index contributed by atoms with van der Waals surface area (Å²) >= 11 is 0. The van der Waals surface area contributed by atoms with E-state index in [1.54, 1.807) is 0 Å². The molecule has 0 aliphatic heterocycles. The normalized spacial score (nSPS) is 11.3. The molecule has 2 aromatic heterocycles. The molecule has 4 heteroatoms. The van der Waals surface area contributed by atoms with Crippen molar-refractivity contribution in [3.05, 3.63) is 30.1 Å². The van der Waals surface area contributed by atoms with Gasteiger partial charge in [-0.15, -0.1) is 0 Å². The van der Waals surface area contributed by atoms with Crippen molar-refractivity contribution in [1.82, 2.24) is 15.0 Å². The molecule has 74 valence electrons. The lowest BCUT2D eigenvalue weighted by atomic mass is 10.1. The smallest absolute Gasteiger partial charge is 0.143 e. The molecule has 3 aromatic rings. The summed E-state index contributed by atoms with van der Waals surface area (Å²) in [4.78, 5) is 11.4. The van der Waals surface area contributed by atoms with E-state index in [2.05, 4.69) is 34.0 Å². The molecule has 0 unspecified atom stereocenters. The first kappa shape index (κ1) is 8.23. The molecule has 0 aliphatic rings. The third-order valence-corrected chi connectivity index (χ3v) is 2.57. The van der Waals surface area contributed by atoms with Crippen LogP contribution in [0.2, 0.25) is 0 Å². The lowest BCUT2D eigenvalue weighted by Gasteiger charge is -1.94. The number of rotatable bonds is 0. The van der Waals surface area contributed by atoms with Gasteiger partial charge < -0.3 is 10.7 Å². The van der Waals surface area contributed by atoms with E-state index in [4.69, 9.17) is 5.73 Å². The monoisotopic (exact) mass is 198 g/mol. The Kier molecular flexibility index (Phi) is 1.48. The highest BCUT2D eigenvalue weighted by Crippen LogP contribution is 2.27. The molecule has 0 saturated carbocycles. The number of aromatic nitrogens is 3. The number of benzene rings is 1. The van der Waals surface area contributed by atoms with Crippen molar-refractivity contribution in [3.8, 4) is 0 Å². The number of nitrogens with zero attached hydrogens (tertiary/aromatic N) is 2. The predicted molar refractivity (Wildman–Crippen MR) is 60.5 cm³/mol. The molecule has 15 heavy (non-hydrogen) atoms. The predicted octanol–water partition coefficient (Wildman–Crippen LogP) is 2.00. The molecule has 0 bridgehead atoms. The zero-order chi connectivity index (χ0) is 10.4. The summed E-state index contributed by atoms with van der Waals surface area (Å²) in [5.74, 6) is 0.523. The van der Waals surface area contributed by atoms with Gasteiger partial charge >= 0.3 is 0 Å².